The van der Waals surface area contributed by atoms with Crippen LogP contribution in [0.4, 0.5) is 0 Å². The van der Waals surface area contributed by atoms with Crippen LogP contribution in [0.25, 0.3) is 0 Å². The number of hydrogen-bond donors (Lipinski definition) is 1. The van der Waals surface area contributed by atoms with Gasteiger partial charge in [-0.3, -0.25) is 4.79 Å². The Labute approximate surface area is 113 Å². The van der Waals surface area contributed by atoms with Crippen LogP contribution < -0.4 is 5.32 Å². The molecule has 2 atom stereocenters. The Hall–Kier alpha value is -0.870. The number of likely N-dealkylation sites (tertiary alicyclic amines) is 1. The summed E-state index contributed by atoms with van der Waals surface area (Å²) in [5, 5.41) is 5.44. The molecule has 1 aliphatic rings. The van der Waals surface area contributed by atoms with Crippen molar-refractivity contribution >= 4 is 17.2 Å². The molecule has 0 saturated carbocycles. The molecule has 1 aliphatic heterocycles. The largest absolute Gasteiger partial charge is 0.334 e. The van der Waals surface area contributed by atoms with Gasteiger partial charge in [0, 0.05) is 11.4 Å². The average molecular weight is 266 g/mol. The third-order valence-corrected chi connectivity index (χ3v) is 4.58. The number of nitrogens with zero attached hydrogens (tertiary/aromatic N) is 1. The number of nitrogens with one attached hydrogen (secondary N) is 1. The highest BCUT2D eigenvalue weighted by Gasteiger charge is 2.31. The van der Waals surface area contributed by atoms with Crippen molar-refractivity contribution in [3.63, 3.8) is 0 Å². The molecule has 2 unspecified atom stereocenters. The Balaban J connectivity index is 2.02. The first-order valence-corrected chi connectivity index (χ1v) is 7.69. The number of carbonyl (C=O) groups excluding carboxylic acids is 1. The first-order chi connectivity index (χ1) is 8.74. The first kappa shape index (κ1) is 13.6. The van der Waals surface area contributed by atoms with Crippen molar-refractivity contribution in [1.29, 1.82) is 0 Å². The number of hydrogen-bond acceptors (Lipinski definition) is 3. The van der Waals surface area contributed by atoms with Crippen molar-refractivity contribution in [2.75, 3.05) is 13.1 Å². The molecule has 0 aromatic carbocycles. The molecule has 1 N–H and O–H groups in total. The van der Waals surface area contributed by atoms with Crippen LogP contribution in [0.3, 0.4) is 0 Å². The molecule has 0 aliphatic carbocycles. The molecule has 0 bridgehead atoms. The van der Waals surface area contributed by atoms with E-state index >= 15 is 0 Å². The highest BCUT2D eigenvalue weighted by atomic mass is 32.1. The molecule has 1 amide bonds. The molecule has 18 heavy (non-hydrogen) atoms. The second kappa shape index (κ2) is 6.34. The van der Waals surface area contributed by atoms with Gasteiger partial charge in [-0.1, -0.05) is 13.0 Å². The summed E-state index contributed by atoms with van der Waals surface area (Å²) in [5.41, 5.74) is 0. The monoisotopic (exact) mass is 266 g/mol. The molecule has 4 heteroatoms. The maximum absolute atomic E-state index is 12.4. The molecule has 0 radical (unpaired) electrons. The number of carbonyl (C=O) groups is 1. The van der Waals surface area contributed by atoms with Crippen molar-refractivity contribution in [2.45, 2.75) is 45.2 Å². The standard InChI is InChI=1S/C14H22N2OS/c1-3-8-15-12-6-4-9-16(14(12)17)11(2)13-7-5-10-18-13/h5,7,10-12,15H,3-4,6,8-9H2,1-2H3. The molecule has 2 rings (SSSR count). The summed E-state index contributed by atoms with van der Waals surface area (Å²) < 4.78 is 0. The van der Waals surface area contributed by atoms with E-state index in [0.29, 0.717) is 0 Å². The first-order valence-electron chi connectivity index (χ1n) is 6.81. The maximum atomic E-state index is 12.4. The Bertz CT molecular complexity index is 377. The van der Waals surface area contributed by atoms with Gasteiger partial charge >= 0.3 is 0 Å². The van der Waals surface area contributed by atoms with Gasteiger partial charge in [0.15, 0.2) is 0 Å². The molecular formula is C14H22N2OS. The van der Waals surface area contributed by atoms with Gasteiger partial charge in [-0.2, -0.15) is 0 Å². The predicted octanol–water partition coefficient (Wildman–Crippen LogP) is 2.80. The van der Waals surface area contributed by atoms with Crippen LogP contribution in [-0.2, 0) is 4.79 Å². The predicted molar refractivity (Wildman–Crippen MR) is 75.8 cm³/mol. The maximum Gasteiger partial charge on any atom is 0.240 e. The topological polar surface area (TPSA) is 32.3 Å². The van der Waals surface area contributed by atoms with Gasteiger partial charge in [0.25, 0.3) is 0 Å². The van der Waals surface area contributed by atoms with Crippen molar-refractivity contribution < 1.29 is 4.79 Å². The smallest absolute Gasteiger partial charge is 0.240 e. The quantitative estimate of drug-likeness (QED) is 0.889. The fourth-order valence-corrected chi connectivity index (χ4v) is 3.27. The summed E-state index contributed by atoms with van der Waals surface area (Å²) in [6.07, 6.45) is 3.15. The average Bonchev–Trinajstić information content (AvgIpc) is 2.91. The van der Waals surface area contributed by atoms with Crippen molar-refractivity contribution in [3.8, 4) is 0 Å². The molecule has 3 nitrogen and oxygen atoms in total. The zero-order valence-electron chi connectivity index (χ0n) is 11.2. The minimum absolute atomic E-state index is 0.0288. The normalized spacial score (nSPS) is 22.2. The summed E-state index contributed by atoms with van der Waals surface area (Å²) in [5.74, 6) is 0.274. The van der Waals surface area contributed by atoms with Crippen LogP contribution in [0.15, 0.2) is 17.5 Å². The fraction of sp³-hybridized carbons (Fsp3) is 0.643. The Morgan fingerprint density at radius 2 is 2.44 bits per heavy atom. The summed E-state index contributed by atoms with van der Waals surface area (Å²) in [6, 6.07) is 4.41. The third kappa shape index (κ3) is 2.93. The number of rotatable bonds is 5. The lowest BCUT2D eigenvalue weighted by molar-refractivity contribution is -0.138. The van der Waals surface area contributed by atoms with E-state index in [1.165, 1.54) is 4.88 Å². The van der Waals surface area contributed by atoms with Gasteiger partial charge in [0.1, 0.15) is 0 Å². The van der Waals surface area contributed by atoms with Gasteiger partial charge in [-0.15, -0.1) is 11.3 Å². The van der Waals surface area contributed by atoms with Gasteiger partial charge in [0.05, 0.1) is 12.1 Å². The molecule has 1 fully saturated rings. The Morgan fingerprint density at radius 3 is 3.11 bits per heavy atom. The Kier molecular flexibility index (Phi) is 4.78. The van der Waals surface area contributed by atoms with E-state index in [1.54, 1.807) is 11.3 Å². The highest BCUT2D eigenvalue weighted by molar-refractivity contribution is 7.10. The lowest BCUT2D eigenvalue weighted by Crippen LogP contribution is -2.51. The number of amides is 1. The van der Waals surface area contributed by atoms with E-state index in [1.807, 2.05) is 4.90 Å². The SMILES string of the molecule is CCCNC1CCCN(C(C)c2cccs2)C1=O. The van der Waals surface area contributed by atoms with E-state index in [-0.39, 0.29) is 18.0 Å². The van der Waals surface area contributed by atoms with Crippen LogP contribution in [0, 0.1) is 0 Å². The van der Waals surface area contributed by atoms with E-state index in [9.17, 15) is 4.79 Å². The van der Waals surface area contributed by atoms with Gasteiger partial charge in [0.2, 0.25) is 5.91 Å². The van der Waals surface area contributed by atoms with Crippen LogP contribution in [0.5, 0.6) is 0 Å². The molecule has 2 heterocycles. The van der Waals surface area contributed by atoms with E-state index < -0.39 is 0 Å². The van der Waals surface area contributed by atoms with Crippen molar-refractivity contribution in [3.05, 3.63) is 22.4 Å². The van der Waals surface area contributed by atoms with E-state index in [2.05, 4.69) is 36.7 Å². The summed E-state index contributed by atoms with van der Waals surface area (Å²) in [7, 11) is 0. The minimum atomic E-state index is 0.0288. The van der Waals surface area contributed by atoms with Crippen LogP contribution >= 0.6 is 11.3 Å². The zero-order valence-corrected chi connectivity index (χ0v) is 12.0. The fourth-order valence-electron chi connectivity index (χ4n) is 2.47. The molecule has 0 spiro atoms. The number of thiophene rings is 1. The van der Waals surface area contributed by atoms with Gasteiger partial charge < -0.3 is 10.2 Å². The Morgan fingerprint density at radius 1 is 1.61 bits per heavy atom. The third-order valence-electron chi connectivity index (χ3n) is 3.54. The molecular weight excluding hydrogens is 244 g/mol. The molecule has 1 aromatic rings. The second-order valence-electron chi connectivity index (χ2n) is 4.87. The summed E-state index contributed by atoms with van der Waals surface area (Å²) in [6.45, 7) is 6.08. The van der Waals surface area contributed by atoms with Crippen LogP contribution in [0.2, 0.25) is 0 Å². The number of piperidine rings is 1. The summed E-state index contributed by atoms with van der Waals surface area (Å²) >= 11 is 1.73. The molecule has 100 valence electrons. The van der Waals surface area contributed by atoms with Crippen molar-refractivity contribution in [1.82, 2.24) is 10.2 Å². The molecule has 1 aromatic heterocycles. The second-order valence-corrected chi connectivity index (χ2v) is 5.85. The minimum Gasteiger partial charge on any atom is -0.334 e. The van der Waals surface area contributed by atoms with Gasteiger partial charge in [-0.25, -0.2) is 0 Å². The zero-order chi connectivity index (χ0) is 13.0. The van der Waals surface area contributed by atoms with Crippen molar-refractivity contribution in [2.24, 2.45) is 0 Å². The summed E-state index contributed by atoms with van der Waals surface area (Å²) in [4.78, 5) is 15.7. The van der Waals surface area contributed by atoms with Crippen LogP contribution in [-0.4, -0.2) is 29.9 Å². The molecule has 1 saturated heterocycles. The van der Waals surface area contributed by atoms with E-state index in [4.69, 9.17) is 0 Å². The lowest BCUT2D eigenvalue weighted by Gasteiger charge is -2.36. The van der Waals surface area contributed by atoms with Gasteiger partial charge in [-0.05, 0) is 44.2 Å². The van der Waals surface area contributed by atoms with E-state index in [0.717, 1.165) is 32.4 Å². The van der Waals surface area contributed by atoms with Crippen LogP contribution in [0.1, 0.15) is 44.0 Å². The highest BCUT2D eigenvalue weighted by Crippen LogP contribution is 2.28. The lowest BCUT2D eigenvalue weighted by atomic mass is 10.0.